The second-order valence-corrected chi connectivity index (χ2v) is 12.8. The van der Waals surface area contributed by atoms with Crippen molar-refractivity contribution in [3.05, 3.63) is 66.8 Å². The van der Waals surface area contributed by atoms with Gasteiger partial charge in [0, 0.05) is 5.92 Å². The standard InChI is InChI=1S/C24H32O4Si/c1-27-22(25)24(23(26)28-2,20-14-8-5-6-9-15-20)18-12-13-19-29(3,4)21-16-10-7-11-17-21/h5-8,10-14,16-17,20H,9,15,18-19H2,1-4H3/b13-12+. The van der Waals surface area contributed by atoms with Crippen LogP contribution in [0.4, 0.5) is 0 Å². The average Bonchev–Trinajstić information content (AvgIpc) is 3.03. The molecule has 1 unspecified atom stereocenters. The zero-order valence-corrected chi connectivity index (χ0v) is 18.9. The monoisotopic (exact) mass is 412 g/mol. The Balaban J connectivity index is 2.26. The molecule has 5 heteroatoms. The molecule has 0 heterocycles. The van der Waals surface area contributed by atoms with E-state index in [0.29, 0.717) is 6.42 Å². The molecular weight excluding hydrogens is 380 g/mol. The third-order valence-corrected chi connectivity index (χ3v) is 8.91. The molecule has 1 atom stereocenters. The first-order valence-electron chi connectivity index (χ1n) is 10.1. The predicted octanol–water partition coefficient (Wildman–Crippen LogP) is 4.40. The molecule has 156 valence electrons. The van der Waals surface area contributed by atoms with Crippen LogP contribution in [0, 0.1) is 11.3 Å². The normalized spacial score (nSPS) is 17.2. The first-order chi connectivity index (χ1) is 13.9. The van der Waals surface area contributed by atoms with Gasteiger partial charge in [-0.3, -0.25) is 9.59 Å². The van der Waals surface area contributed by atoms with Crippen LogP contribution in [0.1, 0.15) is 19.3 Å². The molecule has 1 aromatic rings. The molecule has 29 heavy (non-hydrogen) atoms. The number of ether oxygens (including phenoxy) is 2. The van der Waals surface area contributed by atoms with Crippen molar-refractivity contribution < 1.29 is 19.1 Å². The van der Waals surface area contributed by atoms with Crippen LogP contribution in [0.3, 0.4) is 0 Å². The van der Waals surface area contributed by atoms with Crippen LogP contribution in [0.25, 0.3) is 0 Å². The predicted molar refractivity (Wildman–Crippen MR) is 120 cm³/mol. The lowest BCUT2D eigenvalue weighted by atomic mass is 9.70. The highest BCUT2D eigenvalue weighted by Gasteiger charge is 2.52. The topological polar surface area (TPSA) is 52.6 Å². The summed E-state index contributed by atoms with van der Waals surface area (Å²) in [4.78, 5) is 25.7. The molecular formula is C24H32O4Si. The van der Waals surface area contributed by atoms with Crippen molar-refractivity contribution in [2.45, 2.75) is 38.4 Å². The van der Waals surface area contributed by atoms with E-state index in [1.165, 1.54) is 19.4 Å². The minimum atomic E-state index is -1.64. The molecule has 0 saturated carbocycles. The molecule has 0 spiro atoms. The molecule has 2 rings (SSSR count). The van der Waals surface area contributed by atoms with Crippen LogP contribution in [0.15, 0.2) is 66.8 Å². The van der Waals surface area contributed by atoms with Gasteiger partial charge >= 0.3 is 11.9 Å². The molecule has 1 aliphatic carbocycles. The second-order valence-electron chi connectivity index (χ2n) is 8.08. The van der Waals surface area contributed by atoms with Gasteiger partial charge < -0.3 is 9.47 Å². The van der Waals surface area contributed by atoms with E-state index in [1.54, 1.807) is 0 Å². The summed E-state index contributed by atoms with van der Waals surface area (Å²) >= 11 is 0. The Labute approximate surface area is 175 Å². The molecule has 0 saturated heterocycles. The van der Waals surface area contributed by atoms with Gasteiger partial charge in [-0.1, -0.05) is 85.1 Å². The molecule has 4 nitrogen and oxygen atoms in total. The number of esters is 2. The Morgan fingerprint density at radius 2 is 1.72 bits per heavy atom. The summed E-state index contributed by atoms with van der Waals surface area (Å²) in [6.45, 7) is 4.64. The van der Waals surface area contributed by atoms with Crippen LogP contribution in [-0.4, -0.2) is 34.2 Å². The van der Waals surface area contributed by atoms with Gasteiger partial charge in [0.25, 0.3) is 0 Å². The van der Waals surface area contributed by atoms with Gasteiger partial charge in [0.2, 0.25) is 0 Å². The lowest BCUT2D eigenvalue weighted by molar-refractivity contribution is -0.172. The number of rotatable bonds is 8. The second kappa shape index (κ2) is 10.4. The summed E-state index contributed by atoms with van der Waals surface area (Å²) in [7, 11) is 1.02. The van der Waals surface area contributed by atoms with Crippen LogP contribution in [0.5, 0.6) is 0 Å². The van der Waals surface area contributed by atoms with Gasteiger partial charge in [-0.2, -0.15) is 0 Å². The number of hydrogen-bond donors (Lipinski definition) is 0. The van der Waals surface area contributed by atoms with Crippen molar-refractivity contribution >= 4 is 25.2 Å². The van der Waals surface area contributed by atoms with Gasteiger partial charge in [-0.15, -0.1) is 0 Å². The Bertz CT molecular complexity index is 761. The van der Waals surface area contributed by atoms with Crippen molar-refractivity contribution in [3.63, 3.8) is 0 Å². The Morgan fingerprint density at radius 3 is 2.34 bits per heavy atom. The molecule has 0 aliphatic heterocycles. The SMILES string of the molecule is COC(=O)C(C/C=C/C[Si](C)(C)c1ccccc1)(C(=O)OC)C1C=CC=CCC1. The van der Waals surface area contributed by atoms with Crippen molar-refractivity contribution in [1.82, 2.24) is 0 Å². The van der Waals surface area contributed by atoms with E-state index in [1.807, 2.05) is 36.4 Å². The maximum absolute atomic E-state index is 12.9. The van der Waals surface area contributed by atoms with Crippen molar-refractivity contribution in [3.8, 4) is 0 Å². The number of allylic oxidation sites excluding steroid dienone is 6. The van der Waals surface area contributed by atoms with Gasteiger partial charge in [0.15, 0.2) is 5.41 Å². The minimum absolute atomic E-state index is 0.265. The fourth-order valence-corrected chi connectivity index (χ4v) is 5.96. The van der Waals surface area contributed by atoms with Gasteiger partial charge in [-0.25, -0.2) is 0 Å². The zero-order chi connectivity index (χ0) is 21.3. The van der Waals surface area contributed by atoms with Crippen LogP contribution >= 0.6 is 0 Å². The smallest absolute Gasteiger partial charge is 0.324 e. The highest BCUT2D eigenvalue weighted by molar-refractivity contribution is 6.90. The average molecular weight is 413 g/mol. The van der Waals surface area contributed by atoms with E-state index in [0.717, 1.165) is 12.5 Å². The Hall–Kier alpha value is -2.40. The lowest BCUT2D eigenvalue weighted by Crippen LogP contribution is -2.46. The maximum Gasteiger partial charge on any atom is 0.324 e. The maximum atomic E-state index is 12.9. The molecule has 0 fully saturated rings. The molecule has 1 aromatic carbocycles. The summed E-state index contributed by atoms with van der Waals surface area (Å²) in [5.41, 5.74) is -1.36. The highest BCUT2D eigenvalue weighted by atomic mass is 28.3. The van der Waals surface area contributed by atoms with Crippen LogP contribution in [0.2, 0.25) is 19.1 Å². The third-order valence-electron chi connectivity index (χ3n) is 5.76. The molecule has 0 bridgehead atoms. The van der Waals surface area contributed by atoms with Crippen LogP contribution in [-0.2, 0) is 19.1 Å². The van der Waals surface area contributed by atoms with E-state index in [9.17, 15) is 9.59 Å². The summed E-state index contributed by atoms with van der Waals surface area (Å²) in [5.74, 6) is -1.35. The number of benzene rings is 1. The Kier molecular flexibility index (Phi) is 8.20. The van der Waals surface area contributed by atoms with Crippen LogP contribution < -0.4 is 5.19 Å². The summed E-state index contributed by atoms with van der Waals surface area (Å²) in [6, 6.07) is 11.4. The number of methoxy groups -OCH3 is 2. The van der Waals surface area contributed by atoms with Gasteiger partial charge in [0.05, 0.1) is 22.3 Å². The van der Waals surface area contributed by atoms with E-state index in [-0.39, 0.29) is 12.3 Å². The molecule has 0 amide bonds. The lowest BCUT2D eigenvalue weighted by Gasteiger charge is -2.33. The first-order valence-corrected chi connectivity index (χ1v) is 13.3. The van der Waals surface area contributed by atoms with Gasteiger partial charge in [-0.05, 0) is 25.3 Å². The van der Waals surface area contributed by atoms with Crippen molar-refractivity contribution in [1.29, 1.82) is 0 Å². The number of hydrogen-bond acceptors (Lipinski definition) is 4. The third kappa shape index (κ3) is 5.35. The van der Waals surface area contributed by atoms with Crippen molar-refractivity contribution in [2.75, 3.05) is 14.2 Å². The van der Waals surface area contributed by atoms with E-state index in [2.05, 4.69) is 43.4 Å². The quantitative estimate of drug-likeness (QED) is 0.275. The summed E-state index contributed by atoms with van der Waals surface area (Å²) < 4.78 is 10.2. The fraction of sp³-hybridized carbons (Fsp3) is 0.417. The van der Waals surface area contributed by atoms with E-state index < -0.39 is 25.4 Å². The number of carbonyl (C=O) groups is 2. The zero-order valence-electron chi connectivity index (χ0n) is 17.9. The van der Waals surface area contributed by atoms with Gasteiger partial charge in [0.1, 0.15) is 0 Å². The largest absolute Gasteiger partial charge is 0.468 e. The van der Waals surface area contributed by atoms with E-state index in [4.69, 9.17) is 9.47 Å². The van der Waals surface area contributed by atoms with Crippen molar-refractivity contribution in [2.24, 2.45) is 11.3 Å². The van der Waals surface area contributed by atoms with E-state index >= 15 is 0 Å². The molecule has 0 radical (unpaired) electrons. The summed E-state index contributed by atoms with van der Waals surface area (Å²) in [6.07, 6.45) is 13.6. The highest BCUT2D eigenvalue weighted by Crippen LogP contribution is 2.40. The first kappa shape index (κ1) is 22.9. The minimum Gasteiger partial charge on any atom is -0.468 e. The Morgan fingerprint density at radius 1 is 1.07 bits per heavy atom. The molecule has 1 aliphatic rings. The number of carbonyl (C=O) groups excluding carboxylic acids is 2. The molecule has 0 N–H and O–H groups in total. The molecule has 0 aromatic heterocycles. The fourth-order valence-electron chi connectivity index (χ4n) is 3.88. The summed E-state index contributed by atoms with van der Waals surface area (Å²) in [5, 5.41) is 1.38.